The normalized spacial score (nSPS) is 8.56. The van der Waals surface area contributed by atoms with Gasteiger partial charge < -0.3 is 5.32 Å². The highest BCUT2D eigenvalue weighted by molar-refractivity contribution is 5.73. The van der Waals surface area contributed by atoms with E-state index in [-0.39, 0.29) is 5.91 Å². The van der Waals surface area contributed by atoms with Crippen molar-refractivity contribution >= 4 is 5.91 Å². The quantitative estimate of drug-likeness (QED) is 0.714. The van der Waals surface area contributed by atoms with E-state index in [1.165, 1.54) is 6.92 Å². The van der Waals surface area contributed by atoms with Crippen LogP contribution in [0.2, 0.25) is 0 Å². The summed E-state index contributed by atoms with van der Waals surface area (Å²) in [5, 5.41) is 11.4. The van der Waals surface area contributed by atoms with Crippen molar-refractivity contribution < 1.29 is 4.79 Å². The molecule has 0 radical (unpaired) electrons. The van der Waals surface area contributed by atoms with E-state index in [1.54, 1.807) is 6.07 Å². The number of nitrogens with one attached hydrogen (secondary N) is 1. The van der Waals surface area contributed by atoms with Crippen molar-refractivity contribution in [2.24, 2.45) is 0 Å². The molecule has 0 atom stereocenters. The van der Waals surface area contributed by atoms with Gasteiger partial charge in [0, 0.05) is 12.5 Å². The maximum Gasteiger partial charge on any atom is 0.217 e. The third kappa shape index (κ3) is 3.48. The minimum absolute atomic E-state index is 0.101. The molecule has 0 unspecified atom stereocenters. The molecule has 0 saturated heterocycles. The van der Waals surface area contributed by atoms with E-state index >= 15 is 0 Å². The van der Waals surface area contributed by atoms with E-state index in [1.807, 2.05) is 19.1 Å². The molecule has 0 aromatic heterocycles. The first-order valence-electron chi connectivity index (χ1n) is 4.87. The fourth-order valence-electron chi connectivity index (χ4n) is 1.14. The van der Waals surface area contributed by atoms with Crippen LogP contribution in [-0.2, 0) is 4.79 Å². The number of amides is 1. The molecule has 0 aliphatic carbocycles. The topological polar surface area (TPSA) is 52.9 Å². The van der Waals surface area contributed by atoms with Crippen molar-refractivity contribution in [2.45, 2.75) is 13.8 Å². The summed E-state index contributed by atoms with van der Waals surface area (Å²) in [5.74, 6) is 5.60. The van der Waals surface area contributed by atoms with E-state index in [9.17, 15) is 4.79 Å². The zero-order chi connectivity index (χ0) is 12.0. The van der Waals surface area contributed by atoms with Gasteiger partial charge in [-0.3, -0.25) is 4.79 Å². The van der Waals surface area contributed by atoms with Gasteiger partial charge in [-0.1, -0.05) is 17.9 Å². The van der Waals surface area contributed by atoms with Crippen molar-refractivity contribution in [2.75, 3.05) is 6.54 Å². The molecule has 1 aromatic rings. The van der Waals surface area contributed by atoms with Gasteiger partial charge in [-0.2, -0.15) is 5.26 Å². The van der Waals surface area contributed by atoms with Gasteiger partial charge in [0.15, 0.2) is 0 Å². The van der Waals surface area contributed by atoms with E-state index < -0.39 is 0 Å². The Morgan fingerprint density at radius 3 is 2.88 bits per heavy atom. The molecule has 0 saturated carbocycles. The Labute approximate surface area is 95.1 Å². The lowest BCUT2D eigenvalue weighted by Crippen LogP contribution is -2.19. The van der Waals surface area contributed by atoms with Crippen LogP contribution in [0.15, 0.2) is 18.2 Å². The average Bonchev–Trinajstić information content (AvgIpc) is 2.26. The fraction of sp³-hybridized carbons (Fsp3) is 0.231. The summed E-state index contributed by atoms with van der Waals surface area (Å²) < 4.78 is 0. The number of carbonyl (C=O) groups is 1. The first kappa shape index (κ1) is 11.8. The lowest BCUT2D eigenvalue weighted by atomic mass is 10.1. The molecule has 16 heavy (non-hydrogen) atoms. The number of rotatable bonds is 1. The number of hydrogen-bond acceptors (Lipinski definition) is 2. The van der Waals surface area contributed by atoms with Crippen molar-refractivity contribution in [3.8, 4) is 17.9 Å². The average molecular weight is 212 g/mol. The van der Waals surface area contributed by atoms with Gasteiger partial charge in [-0.05, 0) is 24.6 Å². The maximum atomic E-state index is 10.6. The summed E-state index contributed by atoms with van der Waals surface area (Å²) in [6, 6.07) is 7.57. The van der Waals surface area contributed by atoms with Gasteiger partial charge in [0.05, 0.1) is 18.2 Å². The summed E-state index contributed by atoms with van der Waals surface area (Å²) in [6.07, 6.45) is 0. The second-order valence-electron chi connectivity index (χ2n) is 3.35. The van der Waals surface area contributed by atoms with E-state index in [2.05, 4.69) is 23.2 Å². The van der Waals surface area contributed by atoms with Crippen LogP contribution >= 0.6 is 0 Å². The zero-order valence-electron chi connectivity index (χ0n) is 9.29. The number of benzene rings is 1. The molecular formula is C13H12N2O. The molecule has 0 aliphatic heterocycles. The Morgan fingerprint density at radius 1 is 1.50 bits per heavy atom. The summed E-state index contributed by atoms with van der Waals surface area (Å²) in [6.45, 7) is 3.65. The van der Waals surface area contributed by atoms with Crippen LogP contribution in [0.1, 0.15) is 23.6 Å². The van der Waals surface area contributed by atoms with Gasteiger partial charge in [0.2, 0.25) is 5.91 Å². The van der Waals surface area contributed by atoms with Gasteiger partial charge >= 0.3 is 0 Å². The van der Waals surface area contributed by atoms with E-state index in [0.29, 0.717) is 12.1 Å². The van der Waals surface area contributed by atoms with Crippen LogP contribution in [0.4, 0.5) is 0 Å². The van der Waals surface area contributed by atoms with E-state index in [0.717, 1.165) is 11.1 Å². The number of carbonyl (C=O) groups excluding carboxylic acids is 1. The second-order valence-corrected chi connectivity index (χ2v) is 3.35. The highest BCUT2D eigenvalue weighted by atomic mass is 16.1. The van der Waals surface area contributed by atoms with Crippen molar-refractivity contribution in [3.05, 3.63) is 34.9 Å². The molecule has 0 bridgehead atoms. The van der Waals surface area contributed by atoms with Gasteiger partial charge in [-0.15, -0.1) is 0 Å². The molecule has 0 heterocycles. The molecule has 1 amide bonds. The molecule has 0 aliphatic rings. The standard InChI is InChI=1S/C13H12N2O/c1-10-5-6-12(8-13(10)9-14)4-3-7-15-11(2)16/h5-6,8H,7H2,1-2H3,(H,15,16). The molecule has 1 N–H and O–H groups in total. The predicted molar refractivity (Wildman–Crippen MR) is 61.5 cm³/mol. The molecule has 3 nitrogen and oxygen atoms in total. The second kappa shape index (κ2) is 5.58. The van der Waals surface area contributed by atoms with Crippen LogP contribution in [0.5, 0.6) is 0 Å². The molecule has 1 rings (SSSR count). The van der Waals surface area contributed by atoms with Gasteiger partial charge in [-0.25, -0.2) is 0 Å². The Bertz CT molecular complexity index is 501. The molecule has 80 valence electrons. The first-order valence-corrected chi connectivity index (χ1v) is 4.87. The Balaban J connectivity index is 2.75. The molecule has 0 spiro atoms. The van der Waals surface area contributed by atoms with E-state index in [4.69, 9.17) is 5.26 Å². The largest absolute Gasteiger partial charge is 0.345 e. The van der Waals surface area contributed by atoms with Gasteiger partial charge in [0.1, 0.15) is 0 Å². The van der Waals surface area contributed by atoms with Crippen LogP contribution in [0.3, 0.4) is 0 Å². The Hall–Kier alpha value is -2.26. The smallest absolute Gasteiger partial charge is 0.217 e. The fourth-order valence-corrected chi connectivity index (χ4v) is 1.14. The number of nitrogens with zero attached hydrogens (tertiary/aromatic N) is 1. The summed E-state index contributed by atoms with van der Waals surface area (Å²) in [4.78, 5) is 10.6. The lowest BCUT2D eigenvalue weighted by molar-refractivity contribution is -0.118. The van der Waals surface area contributed by atoms with Crippen molar-refractivity contribution in [1.29, 1.82) is 5.26 Å². The third-order valence-electron chi connectivity index (χ3n) is 2.02. The highest BCUT2D eigenvalue weighted by Crippen LogP contribution is 2.08. The number of nitriles is 1. The summed E-state index contributed by atoms with van der Waals surface area (Å²) in [5.41, 5.74) is 2.36. The van der Waals surface area contributed by atoms with Crippen LogP contribution in [0, 0.1) is 30.1 Å². The van der Waals surface area contributed by atoms with Crippen LogP contribution in [0.25, 0.3) is 0 Å². The molecular weight excluding hydrogens is 200 g/mol. The van der Waals surface area contributed by atoms with Crippen LogP contribution < -0.4 is 5.32 Å². The summed E-state index contributed by atoms with van der Waals surface area (Å²) in [7, 11) is 0. The zero-order valence-corrected chi connectivity index (χ0v) is 9.29. The predicted octanol–water partition coefficient (Wildman–Crippen LogP) is 1.35. The number of hydrogen-bond donors (Lipinski definition) is 1. The van der Waals surface area contributed by atoms with Gasteiger partial charge in [0.25, 0.3) is 0 Å². The Morgan fingerprint density at radius 2 is 2.25 bits per heavy atom. The van der Waals surface area contributed by atoms with Crippen LogP contribution in [-0.4, -0.2) is 12.5 Å². The maximum absolute atomic E-state index is 10.6. The third-order valence-corrected chi connectivity index (χ3v) is 2.02. The minimum Gasteiger partial charge on any atom is -0.345 e. The summed E-state index contributed by atoms with van der Waals surface area (Å²) >= 11 is 0. The Kier molecular flexibility index (Phi) is 4.12. The van der Waals surface area contributed by atoms with Crippen molar-refractivity contribution in [1.82, 2.24) is 5.32 Å². The first-order chi connectivity index (χ1) is 7.63. The van der Waals surface area contributed by atoms with Crippen molar-refractivity contribution in [3.63, 3.8) is 0 Å². The number of aryl methyl sites for hydroxylation is 1. The molecule has 3 heteroatoms. The monoisotopic (exact) mass is 212 g/mol. The lowest BCUT2D eigenvalue weighted by Gasteiger charge is -1.96. The molecule has 0 fully saturated rings. The minimum atomic E-state index is -0.101. The molecule has 1 aromatic carbocycles. The SMILES string of the molecule is CC(=O)NCC#Cc1ccc(C)c(C#N)c1. The highest BCUT2D eigenvalue weighted by Gasteiger charge is 1.96.